The fourth-order valence-corrected chi connectivity index (χ4v) is 2.51. The van der Waals surface area contributed by atoms with Crippen LogP contribution in [-0.2, 0) is 24.4 Å². The van der Waals surface area contributed by atoms with Crippen LogP contribution < -0.4 is 0 Å². The zero-order chi connectivity index (χ0) is 16.8. The normalized spacial score (nSPS) is 13.3. The summed E-state index contributed by atoms with van der Waals surface area (Å²) < 4.78 is 64.5. The Hall–Kier alpha value is -1.37. The highest BCUT2D eigenvalue weighted by Gasteiger charge is 2.31. The number of hydrogen-bond donors (Lipinski definition) is 0. The van der Waals surface area contributed by atoms with E-state index in [2.05, 4.69) is 5.16 Å². The molecule has 0 saturated carbocycles. The van der Waals surface area contributed by atoms with Crippen LogP contribution in [0.3, 0.4) is 0 Å². The molecule has 0 radical (unpaired) electrons. The Morgan fingerprint density at radius 3 is 2.32 bits per heavy atom. The molecule has 0 fully saturated rings. The first kappa shape index (κ1) is 18.7. The molecule has 5 nitrogen and oxygen atoms in total. The van der Waals surface area contributed by atoms with Crippen LogP contribution in [0.2, 0.25) is 0 Å². The third-order valence-corrected chi connectivity index (χ3v) is 3.89. The van der Waals surface area contributed by atoms with E-state index >= 15 is 0 Å². The number of phosphoric ester groups is 1. The first-order valence-corrected chi connectivity index (χ1v) is 7.98. The van der Waals surface area contributed by atoms with Gasteiger partial charge in [0.15, 0.2) is 0 Å². The van der Waals surface area contributed by atoms with E-state index in [1.54, 1.807) is 13.8 Å². The Balaban J connectivity index is 2.95. The van der Waals surface area contributed by atoms with E-state index in [0.29, 0.717) is 0 Å². The molecule has 0 aliphatic carbocycles. The number of halogens is 3. The van der Waals surface area contributed by atoms with E-state index in [9.17, 15) is 17.7 Å². The average molecular weight is 339 g/mol. The van der Waals surface area contributed by atoms with Crippen LogP contribution in [0.1, 0.15) is 31.9 Å². The van der Waals surface area contributed by atoms with Crippen molar-refractivity contribution in [3.63, 3.8) is 0 Å². The lowest BCUT2D eigenvalue weighted by Crippen LogP contribution is -2.07. The number of oxime groups is 1. The summed E-state index contributed by atoms with van der Waals surface area (Å²) >= 11 is 0. The molecule has 0 aliphatic rings. The molecule has 0 saturated heterocycles. The summed E-state index contributed by atoms with van der Waals surface area (Å²) in [5, 5.41) is 3.56. The quantitative estimate of drug-likeness (QED) is 0.413. The van der Waals surface area contributed by atoms with Gasteiger partial charge in [-0.2, -0.15) is 13.2 Å². The molecule has 22 heavy (non-hydrogen) atoms. The van der Waals surface area contributed by atoms with Crippen molar-refractivity contribution in [3.05, 3.63) is 35.4 Å². The minimum absolute atomic E-state index is 0.0788. The second kappa shape index (κ2) is 7.76. The molecule has 0 atom stereocenters. The molecular weight excluding hydrogens is 322 g/mol. The number of benzene rings is 1. The van der Waals surface area contributed by atoms with Crippen molar-refractivity contribution in [1.29, 1.82) is 0 Å². The van der Waals surface area contributed by atoms with Gasteiger partial charge in [-0.15, -0.1) is 0 Å². The van der Waals surface area contributed by atoms with Gasteiger partial charge in [0.1, 0.15) is 0 Å². The van der Waals surface area contributed by atoms with Gasteiger partial charge in [0.05, 0.1) is 24.5 Å². The van der Waals surface area contributed by atoms with Crippen molar-refractivity contribution >= 4 is 13.5 Å². The molecule has 0 bridgehead atoms. The first-order valence-electron chi connectivity index (χ1n) is 6.52. The van der Waals surface area contributed by atoms with Gasteiger partial charge in [0, 0.05) is 0 Å². The van der Waals surface area contributed by atoms with Gasteiger partial charge in [-0.25, -0.2) is 4.57 Å². The van der Waals surface area contributed by atoms with Crippen molar-refractivity contribution < 1.29 is 31.4 Å². The second-order valence-corrected chi connectivity index (χ2v) is 5.69. The molecule has 9 heteroatoms. The molecule has 0 N–H and O–H groups in total. The zero-order valence-electron chi connectivity index (χ0n) is 12.4. The molecule has 0 unspecified atom stereocenters. The van der Waals surface area contributed by atoms with E-state index in [-0.39, 0.29) is 24.5 Å². The summed E-state index contributed by atoms with van der Waals surface area (Å²) in [6.07, 6.45) is -4.46. The lowest BCUT2D eigenvalue weighted by atomic mass is 10.1. The van der Waals surface area contributed by atoms with E-state index < -0.39 is 19.6 Å². The van der Waals surface area contributed by atoms with Crippen molar-refractivity contribution in [1.82, 2.24) is 0 Å². The fourth-order valence-electron chi connectivity index (χ4n) is 1.49. The third-order valence-electron chi connectivity index (χ3n) is 2.46. The molecule has 124 valence electrons. The number of nitrogens with zero attached hydrogens (tertiary/aromatic N) is 1. The Labute approximate surface area is 126 Å². The predicted octanol–water partition coefficient (Wildman–Crippen LogP) is 4.63. The SMILES string of the molecule is CCOP(=O)(OCC)O/N=C(\C)c1cccc(C(F)(F)F)c1. The largest absolute Gasteiger partial charge is 0.550 e. The van der Waals surface area contributed by atoms with Crippen molar-refractivity contribution in [2.45, 2.75) is 26.9 Å². The third kappa shape index (κ3) is 5.44. The molecular formula is C13H17F3NO4P. The number of phosphoric acid groups is 1. The van der Waals surface area contributed by atoms with Crippen molar-refractivity contribution in [2.75, 3.05) is 13.2 Å². The van der Waals surface area contributed by atoms with E-state index in [1.807, 2.05) is 0 Å². The monoisotopic (exact) mass is 339 g/mol. The van der Waals surface area contributed by atoms with Crippen LogP contribution in [0.5, 0.6) is 0 Å². The lowest BCUT2D eigenvalue weighted by Gasteiger charge is -2.13. The first-order chi connectivity index (χ1) is 10.2. The maximum Gasteiger partial charge on any atom is 0.550 e. The summed E-state index contributed by atoms with van der Waals surface area (Å²) in [5.41, 5.74) is -0.502. The van der Waals surface area contributed by atoms with Crippen molar-refractivity contribution in [3.8, 4) is 0 Å². The highest BCUT2D eigenvalue weighted by atomic mass is 31.2. The average Bonchev–Trinajstić information content (AvgIpc) is 2.45. The molecule has 0 aromatic heterocycles. The molecule has 0 amide bonds. The minimum Gasteiger partial charge on any atom is -0.292 e. The molecule has 0 aliphatic heterocycles. The summed E-state index contributed by atoms with van der Waals surface area (Å²) in [5.74, 6) is 0. The smallest absolute Gasteiger partial charge is 0.292 e. The van der Waals surface area contributed by atoms with Gasteiger partial charge in [-0.1, -0.05) is 17.3 Å². The molecule has 0 spiro atoms. The van der Waals surface area contributed by atoms with Gasteiger partial charge in [-0.05, 0) is 38.5 Å². The predicted molar refractivity (Wildman–Crippen MR) is 75.6 cm³/mol. The van der Waals surface area contributed by atoms with Gasteiger partial charge < -0.3 is 0 Å². The Morgan fingerprint density at radius 2 is 1.82 bits per heavy atom. The van der Waals surface area contributed by atoms with Crippen LogP contribution in [0.25, 0.3) is 0 Å². The highest BCUT2D eigenvalue weighted by molar-refractivity contribution is 7.48. The number of rotatable bonds is 7. The molecule has 1 aromatic rings. The van der Waals surface area contributed by atoms with Gasteiger partial charge in [-0.3, -0.25) is 13.7 Å². The molecule has 1 rings (SSSR count). The number of alkyl halides is 3. The van der Waals surface area contributed by atoms with Crippen LogP contribution >= 0.6 is 7.82 Å². The fraction of sp³-hybridized carbons (Fsp3) is 0.462. The summed E-state index contributed by atoms with van der Waals surface area (Å²) in [6, 6.07) is 4.56. The summed E-state index contributed by atoms with van der Waals surface area (Å²) in [4.78, 5) is 0. The lowest BCUT2D eigenvalue weighted by molar-refractivity contribution is -0.137. The summed E-state index contributed by atoms with van der Waals surface area (Å²) in [7, 11) is -3.85. The van der Waals surface area contributed by atoms with Crippen LogP contribution in [0.4, 0.5) is 13.2 Å². The van der Waals surface area contributed by atoms with E-state index in [1.165, 1.54) is 19.1 Å². The van der Waals surface area contributed by atoms with Crippen LogP contribution in [0.15, 0.2) is 29.4 Å². The van der Waals surface area contributed by atoms with Gasteiger partial charge in [0.2, 0.25) is 0 Å². The molecule has 0 heterocycles. The highest BCUT2D eigenvalue weighted by Crippen LogP contribution is 2.49. The standard InChI is InChI=1S/C13H17F3NO4P/c1-4-19-22(18,20-5-2)21-17-10(3)11-7-6-8-12(9-11)13(14,15)16/h6-9H,4-5H2,1-3H3/b17-10+. The van der Waals surface area contributed by atoms with Gasteiger partial charge in [0.25, 0.3) is 0 Å². The Bertz CT molecular complexity index is 565. The second-order valence-electron chi connectivity index (χ2n) is 4.12. The molecule has 1 aromatic carbocycles. The van der Waals surface area contributed by atoms with Crippen LogP contribution in [-0.4, -0.2) is 18.9 Å². The number of hydrogen-bond acceptors (Lipinski definition) is 5. The minimum atomic E-state index is -4.46. The Kier molecular flexibility index (Phi) is 6.59. The van der Waals surface area contributed by atoms with Crippen LogP contribution in [0, 0.1) is 0 Å². The van der Waals surface area contributed by atoms with Crippen molar-refractivity contribution in [2.24, 2.45) is 5.16 Å². The van der Waals surface area contributed by atoms with E-state index in [0.717, 1.165) is 12.1 Å². The van der Waals surface area contributed by atoms with Gasteiger partial charge >= 0.3 is 14.0 Å². The maximum atomic E-state index is 12.7. The zero-order valence-corrected chi connectivity index (χ0v) is 13.3. The Morgan fingerprint density at radius 1 is 1.23 bits per heavy atom. The summed E-state index contributed by atoms with van der Waals surface area (Å²) in [6.45, 7) is 4.78. The topological polar surface area (TPSA) is 57.1 Å². The van der Waals surface area contributed by atoms with E-state index in [4.69, 9.17) is 13.7 Å². The maximum absolute atomic E-state index is 12.7.